The first-order valence-electron chi connectivity index (χ1n) is 4.74. The predicted molar refractivity (Wildman–Crippen MR) is 56.6 cm³/mol. The second-order valence-electron chi connectivity index (χ2n) is 3.39. The molecule has 4 heteroatoms. The smallest absolute Gasteiger partial charge is 0.262 e. The fourth-order valence-corrected chi connectivity index (χ4v) is 1.70. The second kappa shape index (κ2) is 3.80. The minimum absolute atomic E-state index is 0.334. The third-order valence-electron chi connectivity index (χ3n) is 2.50. The number of imide groups is 1. The Labute approximate surface area is 92.5 Å². The van der Waals surface area contributed by atoms with Gasteiger partial charge in [-0.3, -0.25) is 14.5 Å². The first-order valence-corrected chi connectivity index (χ1v) is 4.74. The van der Waals surface area contributed by atoms with Crippen molar-refractivity contribution in [2.24, 2.45) is 0 Å². The number of fused-ring (bicyclic) bond motifs is 1. The van der Waals surface area contributed by atoms with Gasteiger partial charge in [-0.1, -0.05) is 18.1 Å². The third-order valence-corrected chi connectivity index (χ3v) is 2.50. The second-order valence-corrected chi connectivity index (χ2v) is 3.39. The van der Waals surface area contributed by atoms with Gasteiger partial charge in [-0.15, -0.1) is 6.42 Å². The summed E-state index contributed by atoms with van der Waals surface area (Å²) in [6, 6.07) is 5.60. The van der Waals surface area contributed by atoms with Crippen molar-refractivity contribution in [1.82, 2.24) is 4.90 Å². The van der Waals surface area contributed by atoms with E-state index in [0.717, 1.165) is 4.90 Å². The summed E-state index contributed by atoms with van der Waals surface area (Å²) in [7, 11) is 0. The van der Waals surface area contributed by atoms with Crippen LogP contribution in [-0.2, 0) is 0 Å². The molecule has 0 radical (unpaired) electrons. The molecule has 2 rings (SSSR count). The molecule has 0 spiro atoms. The standard InChI is InChI=1S/C12H9NO3/c1-2-8(7-14)13-11(15)9-5-3-4-6-10(9)12(13)16/h1,3-6,8,14H,7H2/t8-/m0/s1. The summed E-state index contributed by atoms with van der Waals surface area (Å²) in [5.41, 5.74) is 0.669. The Hall–Kier alpha value is -2.12. The molecule has 80 valence electrons. The molecule has 1 aromatic carbocycles. The average molecular weight is 215 g/mol. The highest BCUT2D eigenvalue weighted by Crippen LogP contribution is 2.23. The van der Waals surface area contributed by atoms with Crippen LogP contribution in [0.1, 0.15) is 20.7 Å². The van der Waals surface area contributed by atoms with Gasteiger partial charge in [0.25, 0.3) is 11.8 Å². The highest BCUT2D eigenvalue weighted by atomic mass is 16.3. The Morgan fingerprint density at radius 3 is 2.12 bits per heavy atom. The van der Waals surface area contributed by atoms with Crippen LogP contribution in [0.3, 0.4) is 0 Å². The van der Waals surface area contributed by atoms with Crippen molar-refractivity contribution in [1.29, 1.82) is 0 Å². The lowest BCUT2D eigenvalue weighted by atomic mass is 10.1. The molecule has 1 atom stereocenters. The summed E-state index contributed by atoms with van der Waals surface area (Å²) in [5, 5.41) is 9.01. The van der Waals surface area contributed by atoms with E-state index in [2.05, 4.69) is 5.92 Å². The zero-order valence-corrected chi connectivity index (χ0v) is 8.38. The minimum atomic E-state index is -0.896. The first-order chi connectivity index (χ1) is 7.70. The zero-order chi connectivity index (χ0) is 11.7. The zero-order valence-electron chi connectivity index (χ0n) is 8.38. The number of benzene rings is 1. The number of amides is 2. The fraction of sp³-hybridized carbons (Fsp3) is 0.167. The van der Waals surface area contributed by atoms with Crippen LogP contribution in [0, 0.1) is 12.3 Å². The van der Waals surface area contributed by atoms with Crippen molar-refractivity contribution >= 4 is 11.8 Å². The first kappa shape index (κ1) is 10.4. The molecule has 4 nitrogen and oxygen atoms in total. The van der Waals surface area contributed by atoms with Crippen LogP contribution in [0.2, 0.25) is 0 Å². The van der Waals surface area contributed by atoms with E-state index < -0.39 is 24.5 Å². The Balaban J connectivity index is 2.47. The van der Waals surface area contributed by atoms with E-state index in [9.17, 15) is 9.59 Å². The van der Waals surface area contributed by atoms with E-state index in [0.29, 0.717) is 11.1 Å². The number of terminal acetylenes is 1. The lowest BCUT2D eigenvalue weighted by molar-refractivity contribution is 0.0573. The average Bonchev–Trinajstić information content (AvgIpc) is 2.57. The van der Waals surface area contributed by atoms with Crippen molar-refractivity contribution < 1.29 is 14.7 Å². The van der Waals surface area contributed by atoms with Gasteiger partial charge in [0.1, 0.15) is 6.04 Å². The minimum Gasteiger partial charge on any atom is -0.393 e. The number of aliphatic hydroxyl groups is 1. The quantitative estimate of drug-likeness (QED) is 0.569. The number of hydrogen-bond donors (Lipinski definition) is 1. The molecule has 0 unspecified atom stereocenters. The van der Waals surface area contributed by atoms with E-state index in [1.165, 1.54) is 0 Å². The molecule has 1 aromatic rings. The Morgan fingerprint density at radius 1 is 1.25 bits per heavy atom. The van der Waals surface area contributed by atoms with Gasteiger partial charge in [-0.2, -0.15) is 0 Å². The highest BCUT2D eigenvalue weighted by Gasteiger charge is 2.38. The van der Waals surface area contributed by atoms with Crippen LogP contribution >= 0.6 is 0 Å². The maximum absolute atomic E-state index is 11.9. The lowest BCUT2D eigenvalue weighted by Crippen LogP contribution is -2.41. The summed E-state index contributed by atoms with van der Waals surface area (Å²) in [6.45, 7) is -0.429. The van der Waals surface area contributed by atoms with Crippen LogP contribution in [0.5, 0.6) is 0 Å². The molecule has 1 heterocycles. The third kappa shape index (κ3) is 1.30. The molecular formula is C12H9NO3. The molecule has 1 aliphatic heterocycles. The maximum Gasteiger partial charge on any atom is 0.262 e. The Kier molecular flexibility index (Phi) is 2.47. The van der Waals surface area contributed by atoms with Gasteiger partial charge in [0.15, 0.2) is 0 Å². The predicted octanol–water partition coefficient (Wildman–Crippen LogP) is 0.277. The van der Waals surface area contributed by atoms with E-state index in [4.69, 9.17) is 11.5 Å². The molecule has 1 N–H and O–H groups in total. The lowest BCUT2D eigenvalue weighted by Gasteiger charge is -2.18. The SMILES string of the molecule is C#C[C@@H](CO)N1C(=O)c2ccccc2C1=O. The van der Waals surface area contributed by atoms with Crippen LogP contribution in [-0.4, -0.2) is 34.5 Å². The van der Waals surface area contributed by atoms with Gasteiger partial charge in [0.2, 0.25) is 0 Å². The summed E-state index contributed by atoms with van der Waals surface area (Å²) in [6.07, 6.45) is 5.17. The molecule has 0 bridgehead atoms. The van der Waals surface area contributed by atoms with Crippen LogP contribution < -0.4 is 0 Å². The normalized spacial score (nSPS) is 15.9. The monoisotopic (exact) mass is 215 g/mol. The molecule has 0 aliphatic carbocycles. The van der Waals surface area contributed by atoms with Crippen molar-refractivity contribution in [3.63, 3.8) is 0 Å². The highest BCUT2D eigenvalue weighted by molar-refractivity contribution is 6.21. The van der Waals surface area contributed by atoms with Gasteiger partial charge in [0, 0.05) is 0 Å². The summed E-state index contributed by atoms with van der Waals surface area (Å²) >= 11 is 0. The molecular weight excluding hydrogens is 206 g/mol. The number of carbonyl (C=O) groups excluding carboxylic acids is 2. The van der Waals surface area contributed by atoms with Crippen molar-refractivity contribution in [3.05, 3.63) is 35.4 Å². The number of rotatable bonds is 2. The van der Waals surface area contributed by atoms with Crippen LogP contribution in [0.25, 0.3) is 0 Å². The topological polar surface area (TPSA) is 57.6 Å². The number of hydrogen-bond acceptors (Lipinski definition) is 3. The Bertz CT molecular complexity index is 466. The van der Waals surface area contributed by atoms with Crippen LogP contribution in [0.4, 0.5) is 0 Å². The van der Waals surface area contributed by atoms with Gasteiger partial charge in [-0.25, -0.2) is 0 Å². The molecule has 16 heavy (non-hydrogen) atoms. The van der Waals surface area contributed by atoms with Gasteiger partial charge >= 0.3 is 0 Å². The Morgan fingerprint density at radius 2 is 1.75 bits per heavy atom. The largest absolute Gasteiger partial charge is 0.393 e. The fourth-order valence-electron chi connectivity index (χ4n) is 1.70. The summed E-state index contributed by atoms with van der Waals surface area (Å²) in [4.78, 5) is 24.7. The van der Waals surface area contributed by atoms with Crippen LogP contribution in [0.15, 0.2) is 24.3 Å². The molecule has 0 aromatic heterocycles. The van der Waals surface area contributed by atoms with Crippen molar-refractivity contribution in [2.45, 2.75) is 6.04 Å². The molecule has 2 amide bonds. The number of carbonyl (C=O) groups is 2. The van der Waals surface area contributed by atoms with E-state index in [-0.39, 0.29) is 0 Å². The van der Waals surface area contributed by atoms with E-state index >= 15 is 0 Å². The molecule has 0 fully saturated rings. The van der Waals surface area contributed by atoms with Crippen molar-refractivity contribution in [2.75, 3.05) is 6.61 Å². The van der Waals surface area contributed by atoms with Gasteiger partial charge in [0.05, 0.1) is 17.7 Å². The molecule has 0 saturated heterocycles. The number of aliphatic hydroxyl groups excluding tert-OH is 1. The number of nitrogens with zero attached hydrogens (tertiary/aromatic N) is 1. The molecule has 0 saturated carbocycles. The summed E-state index contributed by atoms with van der Waals surface area (Å²) < 4.78 is 0. The van der Waals surface area contributed by atoms with Gasteiger partial charge in [-0.05, 0) is 12.1 Å². The summed E-state index contributed by atoms with van der Waals surface area (Å²) in [5.74, 6) is 1.33. The van der Waals surface area contributed by atoms with Crippen molar-refractivity contribution in [3.8, 4) is 12.3 Å². The molecule has 1 aliphatic rings. The maximum atomic E-state index is 11.9. The van der Waals surface area contributed by atoms with E-state index in [1.54, 1.807) is 24.3 Å². The van der Waals surface area contributed by atoms with E-state index in [1.807, 2.05) is 0 Å². The van der Waals surface area contributed by atoms with Gasteiger partial charge < -0.3 is 5.11 Å².